The third-order valence-corrected chi connectivity index (χ3v) is 6.00. The Morgan fingerprint density at radius 3 is 2.62 bits per heavy atom. The fourth-order valence-corrected chi connectivity index (χ4v) is 4.18. The van der Waals surface area contributed by atoms with Crippen molar-refractivity contribution in [3.05, 3.63) is 36.0 Å². The van der Waals surface area contributed by atoms with Crippen LogP contribution in [0.25, 0.3) is 0 Å². The molecule has 0 unspecified atom stereocenters. The number of aromatic nitrogens is 3. The van der Waals surface area contributed by atoms with Crippen molar-refractivity contribution in [3.8, 4) is 0 Å². The number of hydrogen-bond acceptors (Lipinski definition) is 8. The summed E-state index contributed by atoms with van der Waals surface area (Å²) >= 11 is 1.29. The van der Waals surface area contributed by atoms with Crippen molar-refractivity contribution in [1.29, 1.82) is 0 Å². The van der Waals surface area contributed by atoms with Crippen molar-refractivity contribution in [2.24, 2.45) is 11.8 Å². The molecule has 0 radical (unpaired) electrons. The number of amides is 3. The van der Waals surface area contributed by atoms with Crippen molar-refractivity contribution in [2.75, 3.05) is 6.26 Å². The zero-order chi connectivity index (χ0) is 23.1. The molecule has 0 bridgehead atoms. The van der Waals surface area contributed by atoms with E-state index in [0.29, 0.717) is 30.2 Å². The van der Waals surface area contributed by atoms with E-state index in [1.165, 1.54) is 11.8 Å². The lowest BCUT2D eigenvalue weighted by Crippen LogP contribution is -2.50. The molecule has 172 valence electrons. The van der Waals surface area contributed by atoms with Crippen LogP contribution in [0.5, 0.6) is 0 Å². The molecule has 0 aliphatic heterocycles. The van der Waals surface area contributed by atoms with Gasteiger partial charge in [0.05, 0.1) is 5.92 Å². The Labute approximate surface area is 191 Å². The summed E-state index contributed by atoms with van der Waals surface area (Å²) in [5, 5.41) is 13.8. The van der Waals surface area contributed by atoms with E-state index in [0.717, 1.165) is 12.8 Å². The minimum absolute atomic E-state index is 0.186. The predicted molar refractivity (Wildman–Crippen MR) is 119 cm³/mol. The molecule has 32 heavy (non-hydrogen) atoms. The third-order valence-electron chi connectivity index (χ3n) is 5.48. The number of nitrogens with one attached hydrogen (secondary N) is 2. The van der Waals surface area contributed by atoms with Crippen LogP contribution >= 0.6 is 11.8 Å². The van der Waals surface area contributed by atoms with Crippen molar-refractivity contribution in [2.45, 2.75) is 63.1 Å². The molecule has 2 aromatic heterocycles. The van der Waals surface area contributed by atoms with Gasteiger partial charge in [-0.25, -0.2) is 0 Å². The Balaban J connectivity index is 1.69. The highest BCUT2D eigenvalue weighted by molar-refractivity contribution is 7.98. The molecule has 2 heterocycles. The van der Waals surface area contributed by atoms with Gasteiger partial charge in [0.25, 0.3) is 11.1 Å². The van der Waals surface area contributed by atoms with Crippen LogP contribution in [0.3, 0.4) is 0 Å². The van der Waals surface area contributed by atoms with Crippen LogP contribution in [0.15, 0.2) is 34.0 Å². The molecular formula is C22H29N5O4S. The minimum atomic E-state index is -0.711. The predicted octanol–water partition coefficient (Wildman–Crippen LogP) is 2.95. The van der Waals surface area contributed by atoms with Crippen LogP contribution < -0.4 is 10.6 Å². The zero-order valence-corrected chi connectivity index (χ0v) is 19.4. The van der Waals surface area contributed by atoms with E-state index in [1.807, 2.05) is 13.8 Å². The molecule has 0 saturated heterocycles. The number of hydrogen-bond donors (Lipinski definition) is 2. The lowest BCUT2D eigenvalue weighted by molar-refractivity contribution is -0.135. The first-order valence-corrected chi connectivity index (χ1v) is 12.1. The van der Waals surface area contributed by atoms with E-state index in [-0.39, 0.29) is 29.7 Å². The standard InChI is InChI=1S/C22H29N5O4S/c1-13(2)12-15(21-26-27-22(31-21)32-3)19(29)25-18(28)14-8-4-5-9-16(14)24-20(30)17-10-6-7-11-23-17/h6-7,10-11,13-16H,4-5,8-9,12H2,1-3H3,(H,24,30)(H,25,28,29)/t14-,15-,16+/m1/s1. The lowest BCUT2D eigenvalue weighted by atomic mass is 9.83. The summed E-state index contributed by atoms with van der Waals surface area (Å²) in [6.07, 6.45) is 6.85. The second-order valence-electron chi connectivity index (χ2n) is 8.33. The SMILES string of the molecule is CSc1nnc([C@H](CC(C)C)C(=O)NC(=O)[C@@H]2CCCC[C@@H]2NC(=O)c2ccccn2)o1. The number of carbonyl (C=O) groups excluding carboxylic acids is 3. The molecule has 1 aliphatic rings. The highest BCUT2D eigenvalue weighted by Gasteiger charge is 2.35. The molecule has 0 spiro atoms. The first-order chi connectivity index (χ1) is 15.4. The van der Waals surface area contributed by atoms with E-state index in [2.05, 4.69) is 25.8 Å². The summed E-state index contributed by atoms with van der Waals surface area (Å²) in [6.45, 7) is 3.97. The molecule has 1 saturated carbocycles. The fourth-order valence-electron chi connectivity index (χ4n) is 3.89. The van der Waals surface area contributed by atoms with Crippen molar-refractivity contribution < 1.29 is 18.8 Å². The van der Waals surface area contributed by atoms with Gasteiger partial charge in [-0.2, -0.15) is 0 Å². The van der Waals surface area contributed by atoms with Gasteiger partial charge in [-0.05, 0) is 43.6 Å². The highest BCUT2D eigenvalue weighted by atomic mass is 32.2. The molecule has 10 heteroatoms. The van der Waals surface area contributed by atoms with Gasteiger partial charge in [-0.15, -0.1) is 10.2 Å². The van der Waals surface area contributed by atoms with Gasteiger partial charge in [0.1, 0.15) is 11.6 Å². The van der Waals surface area contributed by atoms with Crippen LogP contribution in [0, 0.1) is 11.8 Å². The lowest BCUT2D eigenvalue weighted by Gasteiger charge is -2.31. The van der Waals surface area contributed by atoms with Gasteiger partial charge in [-0.3, -0.25) is 24.7 Å². The Hall–Kier alpha value is -2.75. The van der Waals surface area contributed by atoms with Crippen molar-refractivity contribution in [1.82, 2.24) is 25.8 Å². The molecule has 3 rings (SSSR count). The van der Waals surface area contributed by atoms with Crippen molar-refractivity contribution in [3.63, 3.8) is 0 Å². The number of pyridine rings is 1. The molecule has 2 N–H and O–H groups in total. The largest absolute Gasteiger partial charge is 0.415 e. The number of carbonyl (C=O) groups is 3. The maximum absolute atomic E-state index is 13.1. The first-order valence-electron chi connectivity index (χ1n) is 10.8. The van der Waals surface area contributed by atoms with E-state index in [1.54, 1.807) is 30.7 Å². The topological polar surface area (TPSA) is 127 Å². The number of thioether (sulfide) groups is 1. The molecule has 2 aromatic rings. The van der Waals surface area contributed by atoms with Crippen molar-refractivity contribution >= 4 is 29.5 Å². The average Bonchev–Trinajstić information content (AvgIpc) is 3.27. The summed E-state index contributed by atoms with van der Waals surface area (Å²) < 4.78 is 5.57. The molecule has 3 atom stereocenters. The Kier molecular flexibility index (Phi) is 8.38. The first kappa shape index (κ1) is 23.9. The average molecular weight is 460 g/mol. The van der Waals surface area contributed by atoms with E-state index < -0.39 is 17.7 Å². The fraction of sp³-hybridized carbons (Fsp3) is 0.545. The third kappa shape index (κ3) is 6.15. The van der Waals surface area contributed by atoms with Crippen LogP contribution in [0.2, 0.25) is 0 Å². The minimum Gasteiger partial charge on any atom is -0.415 e. The van der Waals surface area contributed by atoms with Gasteiger partial charge >= 0.3 is 0 Å². The molecule has 1 aliphatic carbocycles. The quantitative estimate of drug-likeness (QED) is 0.577. The smallest absolute Gasteiger partial charge is 0.276 e. The van der Waals surface area contributed by atoms with Gasteiger partial charge < -0.3 is 9.73 Å². The van der Waals surface area contributed by atoms with E-state index in [4.69, 9.17) is 4.42 Å². The number of rotatable bonds is 8. The molecule has 9 nitrogen and oxygen atoms in total. The van der Waals surface area contributed by atoms with E-state index >= 15 is 0 Å². The normalized spacial score (nSPS) is 19.4. The summed E-state index contributed by atoms with van der Waals surface area (Å²) in [7, 11) is 0. The van der Waals surface area contributed by atoms with Gasteiger partial charge in [0.15, 0.2) is 0 Å². The summed E-state index contributed by atoms with van der Waals surface area (Å²) in [5.41, 5.74) is 0.297. The van der Waals surface area contributed by atoms with Gasteiger partial charge in [-0.1, -0.05) is 44.5 Å². The Bertz CT molecular complexity index is 933. The Morgan fingerprint density at radius 2 is 1.97 bits per heavy atom. The number of nitrogens with zero attached hydrogens (tertiary/aromatic N) is 3. The maximum atomic E-state index is 13.1. The van der Waals surface area contributed by atoms with Gasteiger partial charge in [0.2, 0.25) is 17.7 Å². The Morgan fingerprint density at radius 1 is 1.19 bits per heavy atom. The molecule has 1 fully saturated rings. The summed E-state index contributed by atoms with van der Waals surface area (Å²) in [6, 6.07) is 4.74. The van der Waals surface area contributed by atoms with Crippen LogP contribution in [-0.2, 0) is 9.59 Å². The van der Waals surface area contributed by atoms with Crippen LogP contribution in [0.1, 0.15) is 68.2 Å². The molecule has 3 amide bonds. The number of imide groups is 1. The van der Waals surface area contributed by atoms with Crippen LogP contribution in [-0.4, -0.2) is 45.2 Å². The molecular weight excluding hydrogens is 430 g/mol. The maximum Gasteiger partial charge on any atom is 0.276 e. The zero-order valence-electron chi connectivity index (χ0n) is 18.5. The monoisotopic (exact) mass is 459 g/mol. The van der Waals surface area contributed by atoms with E-state index in [9.17, 15) is 14.4 Å². The molecule has 0 aromatic carbocycles. The van der Waals surface area contributed by atoms with Gasteiger partial charge in [0, 0.05) is 12.2 Å². The second-order valence-corrected chi connectivity index (χ2v) is 9.09. The highest BCUT2D eigenvalue weighted by Crippen LogP contribution is 2.28. The summed E-state index contributed by atoms with van der Waals surface area (Å²) in [5.74, 6) is -1.99. The second kappa shape index (κ2) is 11.2. The summed E-state index contributed by atoms with van der Waals surface area (Å²) in [4.78, 5) is 42.7. The van der Waals surface area contributed by atoms with Crippen LogP contribution in [0.4, 0.5) is 0 Å².